The summed E-state index contributed by atoms with van der Waals surface area (Å²) in [4.78, 5) is -0.378. The third kappa shape index (κ3) is 3.50. The molecule has 0 saturated heterocycles. The predicted molar refractivity (Wildman–Crippen MR) is 88.8 cm³/mol. The third-order valence-corrected chi connectivity index (χ3v) is 5.68. The van der Waals surface area contributed by atoms with Crippen LogP contribution in [-0.2, 0) is 10.0 Å². The van der Waals surface area contributed by atoms with Gasteiger partial charge < -0.3 is 0 Å². The lowest BCUT2D eigenvalue weighted by Gasteiger charge is -2.10. The van der Waals surface area contributed by atoms with Gasteiger partial charge in [-0.3, -0.25) is 4.72 Å². The maximum Gasteiger partial charge on any atom is 0.264 e. The molecule has 0 aliphatic heterocycles. The van der Waals surface area contributed by atoms with Crippen molar-refractivity contribution in [3.63, 3.8) is 0 Å². The van der Waals surface area contributed by atoms with Crippen LogP contribution >= 0.6 is 38.5 Å². The number of rotatable bonds is 3. The van der Waals surface area contributed by atoms with Gasteiger partial charge in [-0.25, -0.2) is 12.8 Å². The molecule has 7 heteroatoms. The maximum atomic E-state index is 13.7. The zero-order chi connectivity index (χ0) is 14.9. The van der Waals surface area contributed by atoms with Crippen molar-refractivity contribution in [1.29, 1.82) is 0 Å². The van der Waals surface area contributed by atoms with Gasteiger partial charge in [0.15, 0.2) is 0 Å². The summed E-state index contributed by atoms with van der Waals surface area (Å²) in [5.41, 5.74) is 1.45. The Hall–Kier alpha value is -0.670. The van der Waals surface area contributed by atoms with Crippen LogP contribution in [0.3, 0.4) is 0 Å². The second-order valence-corrected chi connectivity index (χ2v) is 7.87. The smallest absolute Gasteiger partial charge is 0.264 e. The fourth-order valence-corrected chi connectivity index (χ4v) is 3.52. The number of aryl methyl sites for hydroxylation is 1. The molecule has 0 amide bonds. The molecule has 0 unspecified atom stereocenters. The van der Waals surface area contributed by atoms with Gasteiger partial charge in [0.2, 0.25) is 0 Å². The first kappa shape index (κ1) is 15.7. The summed E-state index contributed by atoms with van der Waals surface area (Å²) in [6.45, 7) is 1.93. The highest BCUT2D eigenvalue weighted by atomic mass is 127. The molecule has 2 aromatic rings. The zero-order valence-electron chi connectivity index (χ0n) is 10.3. The maximum absolute atomic E-state index is 13.7. The summed E-state index contributed by atoms with van der Waals surface area (Å²) in [7, 11) is -3.94. The van der Waals surface area contributed by atoms with Crippen LogP contribution in [0.15, 0.2) is 45.8 Å². The van der Waals surface area contributed by atoms with Gasteiger partial charge in [0.05, 0.1) is 0 Å². The highest BCUT2D eigenvalue weighted by molar-refractivity contribution is 14.1. The number of anilines is 1. The number of benzene rings is 2. The van der Waals surface area contributed by atoms with Crippen LogP contribution in [0.25, 0.3) is 0 Å². The summed E-state index contributed by atoms with van der Waals surface area (Å²) in [6, 6.07) is 8.97. The molecule has 0 bridgehead atoms. The lowest BCUT2D eigenvalue weighted by Crippen LogP contribution is -2.14. The monoisotopic (exact) mass is 469 g/mol. The van der Waals surface area contributed by atoms with Crippen LogP contribution in [-0.4, -0.2) is 8.42 Å². The SMILES string of the molecule is Cc1ccc(NS(=O)(=O)c2ccc(Br)cc2F)cc1I. The Balaban J connectivity index is 2.38. The minimum Gasteiger partial charge on any atom is -0.280 e. The normalized spacial score (nSPS) is 11.4. The molecule has 3 nitrogen and oxygen atoms in total. The van der Waals surface area contributed by atoms with Crippen molar-refractivity contribution in [2.24, 2.45) is 0 Å². The van der Waals surface area contributed by atoms with Crippen molar-refractivity contribution in [2.45, 2.75) is 11.8 Å². The standard InChI is InChI=1S/C13H10BrFINO2S/c1-8-2-4-10(7-12(8)16)17-20(18,19)13-5-3-9(14)6-11(13)15/h2-7,17H,1H3. The second kappa shape index (κ2) is 5.98. The van der Waals surface area contributed by atoms with Crippen LogP contribution in [0.2, 0.25) is 0 Å². The van der Waals surface area contributed by atoms with Crippen molar-refractivity contribution < 1.29 is 12.8 Å². The molecule has 0 saturated carbocycles. The van der Waals surface area contributed by atoms with Crippen molar-refractivity contribution in [3.8, 4) is 0 Å². The van der Waals surface area contributed by atoms with Gasteiger partial charge in [-0.1, -0.05) is 22.0 Å². The fraction of sp³-hybridized carbons (Fsp3) is 0.0769. The van der Waals surface area contributed by atoms with E-state index in [-0.39, 0.29) is 4.90 Å². The third-order valence-electron chi connectivity index (χ3n) is 2.61. The highest BCUT2D eigenvalue weighted by Gasteiger charge is 2.19. The fourth-order valence-electron chi connectivity index (χ4n) is 1.56. The van der Waals surface area contributed by atoms with Gasteiger partial charge in [0.25, 0.3) is 10.0 Å². The van der Waals surface area contributed by atoms with E-state index in [0.29, 0.717) is 10.2 Å². The van der Waals surface area contributed by atoms with E-state index in [4.69, 9.17) is 0 Å². The summed E-state index contributed by atoms with van der Waals surface area (Å²) < 4.78 is 41.9. The van der Waals surface area contributed by atoms with E-state index in [0.717, 1.165) is 15.2 Å². The molecule has 0 atom stereocenters. The quantitative estimate of drug-likeness (QED) is 0.681. The molecule has 2 rings (SSSR count). The topological polar surface area (TPSA) is 46.2 Å². The molecule has 20 heavy (non-hydrogen) atoms. The minimum absolute atomic E-state index is 0.378. The first-order chi connectivity index (χ1) is 9.29. The Morgan fingerprint density at radius 1 is 1.20 bits per heavy atom. The molecule has 0 radical (unpaired) electrons. The molecule has 0 fully saturated rings. The van der Waals surface area contributed by atoms with Gasteiger partial charge in [-0.05, 0) is 65.4 Å². The van der Waals surface area contributed by atoms with Gasteiger partial charge >= 0.3 is 0 Å². The average Bonchev–Trinajstić information content (AvgIpc) is 2.33. The summed E-state index contributed by atoms with van der Waals surface area (Å²) >= 11 is 5.20. The molecule has 0 aromatic heterocycles. The molecule has 1 N–H and O–H groups in total. The van der Waals surface area contributed by atoms with Crippen LogP contribution in [0.4, 0.5) is 10.1 Å². The van der Waals surface area contributed by atoms with Gasteiger partial charge in [0.1, 0.15) is 10.7 Å². The van der Waals surface area contributed by atoms with E-state index < -0.39 is 15.8 Å². The minimum atomic E-state index is -3.94. The van der Waals surface area contributed by atoms with Crippen molar-refractivity contribution >= 4 is 54.2 Å². The van der Waals surface area contributed by atoms with Crippen molar-refractivity contribution in [2.75, 3.05) is 4.72 Å². The lowest BCUT2D eigenvalue weighted by atomic mass is 10.2. The molecule has 0 spiro atoms. The summed E-state index contributed by atoms with van der Waals surface area (Å²) in [6.07, 6.45) is 0. The number of halogens is 3. The van der Waals surface area contributed by atoms with E-state index in [2.05, 4.69) is 43.2 Å². The number of nitrogens with one attached hydrogen (secondary N) is 1. The number of hydrogen-bond acceptors (Lipinski definition) is 2. The van der Waals surface area contributed by atoms with Crippen molar-refractivity contribution in [3.05, 3.63) is 55.8 Å². The first-order valence-corrected chi connectivity index (χ1v) is 8.89. The van der Waals surface area contributed by atoms with Crippen LogP contribution in [0, 0.1) is 16.3 Å². The zero-order valence-corrected chi connectivity index (χ0v) is 14.9. The largest absolute Gasteiger partial charge is 0.280 e. The molecule has 106 valence electrons. The average molecular weight is 470 g/mol. The van der Waals surface area contributed by atoms with E-state index >= 15 is 0 Å². The van der Waals surface area contributed by atoms with Crippen LogP contribution in [0.5, 0.6) is 0 Å². The second-order valence-electron chi connectivity index (χ2n) is 4.14. The summed E-state index contributed by atoms with van der Waals surface area (Å²) in [5, 5.41) is 0. The van der Waals surface area contributed by atoms with E-state index in [9.17, 15) is 12.8 Å². The molecular weight excluding hydrogens is 460 g/mol. The Kier molecular flexibility index (Phi) is 4.70. The van der Waals surface area contributed by atoms with Crippen LogP contribution < -0.4 is 4.72 Å². The lowest BCUT2D eigenvalue weighted by molar-refractivity contribution is 0.570. The number of sulfonamides is 1. The molecule has 0 heterocycles. The van der Waals surface area contributed by atoms with Gasteiger partial charge in [-0.15, -0.1) is 0 Å². The van der Waals surface area contributed by atoms with E-state index in [1.54, 1.807) is 18.2 Å². The summed E-state index contributed by atoms with van der Waals surface area (Å²) in [5.74, 6) is -0.798. The predicted octanol–water partition coefficient (Wildman–Crippen LogP) is 4.30. The Morgan fingerprint density at radius 2 is 1.90 bits per heavy atom. The van der Waals surface area contributed by atoms with E-state index in [1.165, 1.54) is 12.1 Å². The molecule has 0 aliphatic carbocycles. The van der Waals surface area contributed by atoms with E-state index in [1.807, 2.05) is 6.92 Å². The Morgan fingerprint density at radius 3 is 2.50 bits per heavy atom. The number of hydrogen-bond donors (Lipinski definition) is 1. The molecule has 0 aliphatic rings. The Labute approximate surface area is 138 Å². The first-order valence-electron chi connectivity index (χ1n) is 5.53. The van der Waals surface area contributed by atoms with Crippen LogP contribution in [0.1, 0.15) is 5.56 Å². The van der Waals surface area contributed by atoms with Gasteiger partial charge in [-0.2, -0.15) is 0 Å². The van der Waals surface area contributed by atoms with Gasteiger partial charge in [0, 0.05) is 13.7 Å². The van der Waals surface area contributed by atoms with Crippen molar-refractivity contribution in [1.82, 2.24) is 0 Å². The molecular formula is C13H10BrFINO2S. The molecule has 2 aromatic carbocycles. The highest BCUT2D eigenvalue weighted by Crippen LogP contribution is 2.23. The Bertz CT molecular complexity index is 765.